The van der Waals surface area contributed by atoms with Gasteiger partial charge in [0, 0.05) is 18.3 Å². The fourth-order valence-electron chi connectivity index (χ4n) is 3.04. The molecule has 8 nitrogen and oxygen atoms in total. The smallest absolute Gasteiger partial charge is 0.322 e. The molecule has 0 spiro atoms. The normalized spacial score (nSPS) is 16.1. The van der Waals surface area contributed by atoms with Crippen LogP contribution in [0.1, 0.15) is 0 Å². The Morgan fingerprint density at radius 1 is 1.10 bits per heavy atom. The van der Waals surface area contributed by atoms with Gasteiger partial charge < -0.3 is 33.9 Å². The monoisotopic (exact) mass is 402 g/mol. The summed E-state index contributed by atoms with van der Waals surface area (Å²) in [5.74, 6) is 2.35. The first-order valence-electron chi connectivity index (χ1n) is 9.30. The number of ether oxygens (including phenoxy) is 5. The zero-order chi connectivity index (χ0) is 20.6. The molecule has 0 aliphatic carbocycles. The van der Waals surface area contributed by atoms with Gasteiger partial charge in [-0.3, -0.25) is 0 Å². The van der Waals surface area contributed by atoms with Gasteiger partial charge in [-0.05, 0) is 24.3 Å². The van der Waals surface area contributed by atoms with Gasteiger partial charge >= 0.3 is 6.03 Å². The van der Waals surface area contributed by atoms with Crippen LogP contribution >= 0.6 is 0 Å². The van der Waals surface area contributed by atoms with Gasteiger partial charge in [0.1, 0.15) is 18.5 Å². The largest absolute Gasteiger partial charge is 0.497 e. The number of hydrogen-bond acceptors (Lipinski definition) is 6. The van der Waals surface area contributed by atoms with Gasteiger partial charge in [-0.25, -0.2) is 4.79 Å². The first-order valence-corrected chi connectivity index (χ1v) is 9.30. The average Bonchev–Trinajstić information content (AvgIpc) is 2.77. The fourth-order valence-corrected chi connectivity index (χ4v) is 3.04. The Hall–Kier alpha value is -3.13. The molecular formula is C21H26N2O6. The molecule has 1 saturated heterocycles. The number of hydrogen-bond donors (Lipinski definition) is 1. The molecule has 1 atom stereocenters. The maximum absolute atomic E-state index is 12.6. The van der Waals surface area contributed by atoms with Gasteiger partial charge in [0.05, 0.1) is 34.5 Å². The van der Waals surface area contributed by atoms with Crippen molar-refractivity contribution in [2.24, 2.45) is 0 Å². The van der Waals surface area contributed by atoms with Crippen molar-refractivity contribution in [1.29, 1.82) is 0 Å². The first kappa shape index (κ1) is 20.6. The van der Waals surface area contributed by atoms with E-state index in [0.29, 0.717) is 48.4 Å². The third-order valence-electron chi connectivity index (χ3n) is 4.54. The second-order valence-electron chi connectivity index (χ2n) is 6.40. The summed E-state index contributed by atoms with van der Waals surface area (Å²) in [7, 11) is 4.73. The highest BCUT2D eigenvalue weighted by Gasteiger charge is 2.26. The maximum Gasteiger partial charge on any atom is 0.322 e. The highest BCUT2D eigenvalue weighted by Crippen LogP contribution is 2.36. The molecule has 0 radical (unpaired) electrons. The first-order chi connectivity index (χ1) is 14.1. The number of rotatable bonds is 7. The summed E-state index contributed by atoms with van der Waals surface area (Å²) in [6, 6.07) is 12.5. The van der Waals surface area contributed by atoms with E-state index >= 15 is 0 Å². The fraction of sp³-hybridized carbons (Fsp3) is 0.381. The number of benzene rings is 2. The van der Waals surface area contributed by atoms with E-state index in [2.05, 4.69) is 5.32 Å². The van der Waals surface area contributed by atoms with Crippen molar-refractivity contribution in [3.05, 3.63) is 42.5 Å². The number of morpholine rings is 1. The lowest BCUT2D eigenvalue weighted by Gasteiger charge is -2.33. The number of carbonyl (C=O) groups is 1. The second kappa shape index (κ2) is 9.88. The quantitative estimate of drug-likeness (QED) is 0.767. The number of para-hydroxylation sites is 1. The van der Waals surface area contributed by atoms with Crippen molar-refractivity contribution < 1.29 is 28.5 Å². The van der Waals surface area contributed by atoms with E-state index in [-0.39, 0.29) is 18.7 Å². The van der Waals surface area contributed by atoms with E-state index in [1.165, 1.54) is 0 Å². The van der Waals surface area contributed by atoms with Crippen LogP contribution in [0.5, 0.6) is 23.0 Å². The number of carbonyl (C=O) groups excluding carboxylic acids is 1. The van der Waals surface area contributed by atoms with Gasteiger partial charge in [0.25, 0.3) is 0 Å². The van der Waals surface area contributed by atoms with Crippen LogP contribution in [0.2, 0.25) is 0 Å². The molecule has 0 bridgehead atoms. The van der Waals surface area contributed by atoms with Crippen LogP contribution in [0.25, 0.3) is 0 Å². The number of nitrogens with one attached hydrogen (secondary N) is 1. The average molecular weight is 402 g/mol. The van der Waals surface area contributed by atoms with Crippen LogP contribution in [-0.2, 0) is 4.74 Å². The molecule has 1 unspecified atom stereocenters. The third-order valence-corrected chi connectivity index (χ3v) is 4.54. The summed E-state index contributed by atoms with van der Waals surface area (Å²) < 4.78 is 27.6. The molecule has 2 aromatic carbocycles. The summed E-state index contributed by atoms with van der Waals surface area (Å²) in [5, 5.41) is 2.89. The number of amides is 2. The van der Waals surface area contributed by atoms with Gasteiger partial charge in [-0.2, -0.15) is 0 Å². The topological polar surface area (TPSA) is 78.5 Å². The van der Waals surface area contributed by atoms with Crippen LogP contribution in [0, 0.1) is 0 Å². The number of nitrogens with zero attached hydrogens (tertiary/aromatic N) is 1. The number of methoxy groups -OCH3 is 3. The highest BCUT2D eigenvalue weighted by molar-refractivity contribution is 5.89. The lowest BCUT2D eigenvalue weighted by molar-refractivity contribution is -0.0343. The zero-order valence-electron chi connectivity index (χ0n) is 16.8. The third kappa shape index (κ3) is 5.23. The summed E-state index contributed by atoms with van der Waals surface area (Å²) in [5.41, 5.74) is 0.674. The lowest BCUT2D eigenvalue weighted by Crippen LogP contribution is -2.49. The van der Waals surface area contributed by atoms with Crippen molar-refractivity contribution in [3.63, 3.8) is 0 Å². The zero-order valence-corrected chi connectivity index (χ0v) is 16.8. The van der Waals surface area contributed by atoms with E-state index in [9.17, 15) is 4.79 Å². The standard InChI is InChI=1S/C21H26N2O6/c1-25-16-7-4-6-15(12-16)22-21(24)23-10-11-28-17(13-23)14-29-20-18(26-2)8-5-9-19(20)27-3/h4-9,12,17H,10-11,13-14H2,1-3H3,(H,22,24). The Morgan fingerprint density at radius 2 is 1.83 bits per heavy atom. The van der Waals surface area contributed by atoms with Gasteiger partial charge in [0.2, 0.25) is 5.75 Å². The Kier molecular flexibility index (Phi) is 7.02. The molecule has 1 aliphatic rings. The second-order valence-corrected chi connectivity index (χ2v) is 6.40. The van der Waals surface area contributed by atoms with E-state index < -0.39 is 0 Å². The van der Waals surface area contributed by atoms with Crippen molar-refractivity contribution in [2.75, 3.05) is 52.9 Å². The van der Waals surface area contributed by atoms with Crippen molar-refractivity contribution in [2.45, 2.75) is 6.10 Å². The predicted octanol–water partition coefficient (Wildman–Crippen LogP) is 3.02. The van der Waals surface area contributed by atoms with E-state index in [4.69, 9.17) is 23.7 Å². The van der Waals surface area contributed by atoms with E-state index in [1.54, 1.807) is 44.4 Å². The van der Waals surface area contributed by atoms with E-state index in [0.717, 1.165) is 0 Å². The summed E-state index contributed by atoms with van der Waals surface area (Å²) >= 11 is 0. The van der Waals surface area contributed by atoms with Crippen LogP contribution in [0.15, 0.2) is 42.5 Å². The minimum absolute atomic E-state index is 0.193. The molecule has 2 amide bonds. The molecule has 1 N–H and O–H groups in total. The molecule has 3 rings (SSSR count). The Labute approximate surface area is 170 Å². The van der Waals surface area contributed by atoms with Crippen LogP contribution < -0.4 is 24.3 Å². The maximum atomic E-state index is 12.6. The predicted molar refractivity (Wildman–Crippen MR) is 108 cm³/mol. The van der Waals surface area contributed by atoms with Crippen molar-refractivity contribution in [1.82, 2.24) is 4.90 Å². The van der Waals surface area contributed by atoms with Gasteiger partial charge in [-0.15, -0.1) is 0 Å². The highest BCUT2D eigenvalue weighted by atomic mass is 16.6. The Morgan fingerprint density at radius 3 is 2.52 bits per heavy atom. The lowest BCUT2D eigenvalue weighted by atomic mass is 10.2. The molecule has 1 heterocycles. The summed E-state index contributed by atoms with van der Waals surface area (Å²) in [4.78, 5) is 14.3. The molecule has 1 aliphatic heterocycles. The summed E-state index contributed by atoms with van der Waals surface area (Å²) in [6.45, 7) is 1.61. The molecule has 8 heteroatoms. The van der Waals surface area contributed by atoms with Crippen molar-refractivity contribution >= 4 is 11.7 Å². The number of urea groups is 1. The molecule has 1 fully saturated rings. The molecule has 0 aromatic heterocycles. The molecule has 29 heavy (non-hydrogen) atoms. The van der Waals surface area contributed by atoms with E-state index in [1.807, 2.05) is 24.3 Å². The van der Waals surface area contributed by atoms with Crippen LogP contribution in [-0.4, -0.2) is 64.7 Å². The Bertz CT molecular complexity index is 806. The van der Waals surface area contributed by atoms with Gasteiger partial charge in [-0.1, -0.05) is 12.1 Å². The van der Waals surface area contributed by atoms with Gasteiger partial charge in [0.15, 0.2) is 11.5 Å². The molecule has 0 saturated carbocycles. The molecule has 156 valence electrons. The van der Waals surface area contributed by atoms with Crippen LogP contribution in [0.4, 0.5) is 10.5 Å². The number of anilines is 1. The molecule has 2 aromatic rings. The SMILES string of the molecule is COc1cccc(NC(=O)N2CCOC(COc3c(OC)cccc3OC)C2)c1. The Balaban J connectivity index is 1.59. The molecular weight excluding hydrogens is 376 g/mol. The summed E-state index contributed by atoms with van der Waals surface area (Å²) in [6.07, 6.45) is -0.269. The minimum Gasteiger partial charge on any atom is -0.497 e. The minimum atomic E-state index is -0.269. The van der Waals surface area contributed by atoms with Crippen LogP contribution in [0.3, 0.4) is 0 Å². The van der Waals surface area contributed by atoms with Crippen molar-refractivity contribution in [3.8, 4) is 23.0 Å².